The van der Waals surface area contributed by atoms with Gasteiger partial charge in [0.2, 0.25) is 4.38 Å². The molecule has 0 spiro atoms. The molecule has 0 unspecified atom stereocenters. The fraction of sp³-hybridized carbons (Fsp3) is 0.500. The minimum absolute atomic E-state index is 0.242. The first-order valence-corrected chi connectivity index (χ1v) is 4.16. The van der Waals surface area contributed by atoms with Crippen molar-refractivity contribution in [3.8, 4) is 0 Å². The maximum atomic E-state index is 4.83. The Morgan fingerprint density at radius 1 is 1.40 bits per heavy atom. The van der Waals surface area contributed by atoms with Crippen LogP contribution in [0.1, 0.15) is 0 Å². The molecule has 0 bridgehead atoms. The minimum Gasteiger partial charge on any atom is -0.477 e. The van der Waals surface area contributed by atoms with Crippen LogP contribution in [0, 0.1) is 0 Å². The zero-order valence-corrected chi connectivity index (χ0v) is 8.46. The second-order valence-corrected chi connectivity index (χ2v) is 3.58. The normalized spacial score (nSPS) is 8.60. The summed E-state index contributed by atoms with van der Waals surface area (Å²) in [5, 5.41) is 2.78. The first-order valence-electron chi connectivity index (χ1n) is 2.45. The first kappa shape index (κ1) is 10.5. The molecular formula is C4H7NOS4. The lowest BCUT2D eigenvalue weighted by molar-refractivity contribution is 0.328. The van der Waals surface area contributed by atoms with Crippen molar-refractivity contribution in [1.29, 1.82) is 0 Å². The average Bonchev–Trinajstić information content (AvgIpc) is 1.79. The maximum absolute atomic E-state index is 4.83. The lowest BCUT2D eigenvalue weighted by atomic mass is 10.7. The fourth-order valence-electron chi connectivity index (χ4n) is 0.296. The molecule has 2 nitrogen and oxygen atoms in total. The average molecular weight is 213 g/mol. The van der Waals surface area contributed by atoms with E-state index in [2.05, 4.69) is 55.0 Å². The summed E-state index contributed by atoms with van der Waals surface area (Å²) in [6.45, 7) is 1.06. The standard InChI is InChI=1S/C4H7NOS4/c7-3(8)5-1-2-6-4(9)10/h1-2H2,(H,9,10)(H2,5,7,8). The van der Waals surface area contributed by atoms with E-state index < -0.39 is 0 Å². The highest BCUT2D eigenvalue weighted by atomic mass is 32.1. The van der Waals surface area contributed by atoms with Gasteiger partial charge >= 0.3 is 0 Å². The van der Waals surface area contributed by atoms with E-state index in [4.69, 9.17) is 4.74 Å². The molecule has 0 aromatic rings. The summed E-state index contributed by atoms with van der Waals surface area (Å²) in [4.78, 5) is 0. The summed E-state index contributed by atoms with van der Waals surface area (Å²) < 4.78 is 5.53. The summed E-state index contributed by atoms with van der Waals surface area (Å²) in [7, 11) is 0. The minimum atomic E-state index is 0.242. The molecule has 0 radical (unpaired) electrons. The maximum Gasteiger partial charge on any atom is 0.216 e. The van der Waals surface area contributed by atoms with Gasteiger partial charge in [-0.1, -0.05) is 24.8 Å². The Morgan fingerprint density at radius 2 is 2.00 bits per heavy atom. The summed E-state index contributed by atoms with van der Waals surface area (Å²) in [6, 6.07) is 0. The summed E-state index contributed by atoms with van der Waals surface area (Å²) in [5.74, 6) is 0. The molecule has 0 aliphatic heterocycles. The van der Waals surface area contributed by atoms with Crippen molar-refractivity contribution >= 4 is 58.4 Å². The number of hydrogen-bond donors (Lipinski definition) is 3. The molecule has 6 heteroatoms. The van der Waals surface area contributed by atoms with Gasteiger partial charge in [0.1, 0.15) is 10.9 Å². The van der Waals surface area contributed by atoms with E-state index in [1.165, 1.54) is 0 Å². The van der Waals surface area contributed by atoms with Crippen molar-refractivity contribution in [1.82, 2.24) is 5.32 Å². The largest absolute Gasteiger partial charge is 0.477 e. The molecule has 0 saturated heterocycles. The molecule has 10 heavy (non-hydrogen) atoms. The van der Waals surface area contributed by atoms with Gasteiger partial charge in [-0.25, -0.2) is 0 Å². The van der Waals surface area contributed by atoms with Crippen molar-refractivity contribution in [2.75, 3.05) is 13.2 Å². The molecule has 0 amide bonds. The first-order chi connectivity index (χ1) is 4.63. The van der Waals surface area contributed by atoms with Crippen LogP contribution in [0.3, 0.4) is 0 Å². The van der Waals surface area contributed by atoms with Crippen molar-refractivity contribution in [2.45, 2.75) is 0 Å². The Morgan fingerprint density at radius 3 is 2.40 bits per heavy atom. The number of nitrogens with one attached hydrogen (secondary N) is 1. The van der Waals surface area contributed by atoms with E-state index in [-0.39, 0.29) is 4.38 Å². The summed E-state index contributed by atoms with van der Waals surface area (Å²) >= 11 is 16.7. The van der Waals surface area contributed by atoms with Crippen LogP contribution in [0.2, 0.25) is 0 Å². The molecule has 58 valence electrons. The zero-order valence-electron chi connectivity index (χ0n) is 5.03. The Bertz CT molecular complexity index is 121. The SMILES string of the molecule is S=C(S)NCCOC(=S)S. The molecule has 0 atom stereocenters. The molecule has 0 fully saturated rings. The molecule has 0 rings (SSSR count). The Balaban J connectivity index is 3.06. The third-order valence-corrected chi connectivity index (χ3v) is 1.15. The van der Waals surface area contributed by atoms with E-state index in [1.54, 1.807) is 0 Å². The Hall–Kier alpha value is 0.480. The van der Waals surface area contributed by atoms with Crippen LogP contribution in [-0.2, 0) is 4.74 Å². The quantitative estimate of drug-likeness (QED) is 0.370. The van der Waals surface area contributed by atoms with Gasteiger partial charge in [0, 0.05) is 0 Å². The number of rotatable bonds is 3. The smallest absolute Gasteiger partial charge is 0.216 e. The highest BCUT2D eigenvalue weighted by molar-refractivity contribution is 8.11. The highest BCUT2D eigenvalue weighted by Gasteiger charge is 1.89. The summed E-state index contributed by atoms with van der Waals surface area (Å²) in [5.41, 5.74) is 0. The third kappa shape index (κ3) is 8.48. The van der Waals surface area contributed by atoms with Gasteiger partial charge in [0.15, 0.2) is 0 Å². The van der Waals surface area contributed by atoms with Gasteiger partial charge in [0.05, 0.1) is 6.54 Å². The molecule has 0 aliphatic rings. The summed E-state index contributed by atoms with van der Waals surface area (Å²) in [6.07, 6.45) is 0. The molecule has 0 saturated carbocycles. The Kier molecular flexibility index (Phi) is 6.50. The second kappa shape index (κ2) is 6.21. The van der Waals surface area contributed by atoms with E-state index in [9.17, 15) is 0 Å². The molecule has 1 N–H and O–H groups in total. The van der Waals surface area contributed by atoms with E-state index in [0.717, 1.165) is 0 Å². The van der Waals surface area contributed by atoms with E-state index >= 15 is 0 Å². The van der Waals surface area contributed by atoms with E-state index in [0.29, 0.717) is 17.5 Å². The predicted molar refractivity (Wildman–Crippen MR) is 57.1 cm³/mol. The van der Waals surface area contributed by atoms with Crippen LogP contribution in [0.25, 0.3) is 0 Å². The fourth-order valence-corrected chi connectivity index (χ4v) is 0.685. The van der Waals surface area contributed by atoms with Gasteiger partial charge < -0.3 is 10.1 Å². The number of ether oxygens (including phenoxy) is 1. The van der Waals surface area contributed by atoms with Crippen LogP contribution < -0.4 is 5.32 Å². The van der Waals surface area contributed by atoms with Gasteiger partial charge in [0.25, 0.3) is 0 Å². The second-order valence-electron chi connectivity index (χ2n) is 1.35. The highest BCUT2D eigenvalue weighted by Crippen LogP contribution is 1.85. The molecule has 0 aromatic heterocycles. The molecular weight excluding hydrogens is 206 g/mol. The van der Waals surface area contributed by atoms with Gasteiger partial charge in [-0.3, -0.25) is 0 Å². The van der Waals surface area contributed by atoms with Crippen LogP contribution in [0.15, 0.2) is 0 Å². The van der Waals surface area contributed by atoms with E-state index in [1.807, 2.05) is 0 Å². The van der Waals surface area contributed by atoms with Crippen LogP contribution in [-0.4, -0.2) is 21.9 Å². The van der Waals surface area contributed by atoms with Crippen molar-refractivity contribution in [2.24, 2.45) is 0 Å². The predicted octanol–water partition coefficient (Wildman–Crippen LogP) is 1.02. The van der Waals surface area contributed by atoms with Gasteiger partial charge in [-0.05, 0) is 12.2 Å². The third-order valence-electron chi connectivity index (χ3n) is 0.604. The number of thiocarbonyl (C=S) groups is 2. The van der Waals surface area contributed by atoms with Gasteiger partial charge in [-0.2, -0.15) is 0 Å². The Labute approximate surface area is 81.5 Å². The number of hydrogen-bond acceptors (Lipinski definition) is 3. The monoisotopic (exact) mass is 213 g/mol. The molecule has 0 aliphatic carbocycles. The zero-order chi connectivity index (χ0) is 7.98. The lowest BCUT2D eigenvalue weighted by Crippen LogP contribution is -2.21. The van der Waals surface area contributed by atoms with Crippen LogP contribution in [0.5, 0.6) is 0 Å². The van der Waals surface area contributed by atoms with Crippen molar-refractivity contribution < 1.29 is 4.74 Å². The topological polar surface area (TPSA) is 21.3 Å². The number of thiol groups is 2. The molecule has 0 aromatic carbocycles. The lowest BCUT2D eigenvalue weighted by Gasteiger charge is -2.03. The van der Waals surface area contributed by atoms with Gasteiger partial charge in [-0.15, -0.1) is 12.6 Å². The van der Waals surface area contributed by atoms with Crippen molar-refractivity contribution in [3.05, 3.63) is 0 Å². The van der Waals surface area contributed by atoms with Crippen molar-refractivity contribution in [3.63, 3.8) is 0 Å². The van der Waals surface area contributed by atoms with Crippen LogP contribution >= 0.6 is 49.7 Å². The molecule has 0 heterocycles. The van der Waals surface area contributed by atoms with Crippen LogP contribution in [0.4, 0.5) is 0 Å².